The van der Waals surface area contributed by atoms with Crippen molar-refractivity contribution in [3.63, 3.8) is 0 Å². The molecule has 0 bridgehead atoms. The quantitative estimate of drug-likeness (QED) is 0.890. The van der Waals surface area contributed by atoms with Gasteiger partial charge in [0.25, 0.3) is 0 Å². The van der Waals surface area contributed by atoms with Gasteiger partial charge in [-0.3, -0.25) is 4.68 Å². The molecule has 1 aliphatic rings. The SMILES string of the molecule is CC(C)(C)c1ccc(S(=O)(=O)NCCn2ncc3c2CCCC3)cc1. The molecule has 0 saturated carbocycles. The number of aryl methyl sites for hydroxylation is 1. The summed E-state index contributed by atoms with van der Waals surface area (Å²) in [5, 5.41) is 4.41. The summed E-state index contributed by atoms with van der Waals surface area (Å²) in [6.07, 6.45) is 6.45. The van der Waals surface area contributed by atoms with Crippen LogP contribution in [-0.2, 0) is 34.8 Å². The number of nitrogens with one attached hydrogen (secondary N) is 1. The zero-order valence-electron chi connectivity index (χ0n) is 15.2. The van der Waals surface area contributed by atoms with Gasteiger partial charge in [-0.1, -0.05) is 32.9 Å². The number of nitrogens with zero attached hydrogens (tertiary/aromatic N) is 2. The van der Waals surface area contributed by atoms with Crippen LogP contribution >= 0.6 is 0 Å². The number of hydrogen-bond acceptors (Lipinski definition) is 3. The molecule has 0 atom stereocenters. The Morgan fingerprint density at radius 3 is 2.48 bits per heavy atom. The molecule has 25 heavy (non-hydrogen) atoms. The van der Waals surface area contributed by atoms with E-state index in [0.717, 1.165) is 18.4 Å². The average Bonchev–Trinajstić information content (AvgIpc) is 2.97. The molecule has 0 aliphatic heterocycles. The van der Waals surface area contributed by atoms with E-state index in [1.165, 1.54) is 24.1 Å². The van der Waals surface area contributed by atoms with Gasteiger partial charge in [-0.05, 0) is 54.4 Å². The minimum Gasteiger partial charge on any atom is -0.268 e. The number of benzene rings is 1. The maximum Gasteiger partial charge on any atom is 0.240 e. The number of hydrogen-bond donors (Lipinski definition) is 1. The smallest absolute Gasteiger partial charge is 0.240 e. The third kappa shape index (κ3) is 4.12. The number of fused-ring (bicyclic) bond motifs is 1. The first-order valence-electron chi connectivity index (χ1n) is 8.91. The lowest BCUT2D eigenvalue weighted by Crippen LogP contribution is -2.28. The van der Waals surface area contributed by atoms with Gasteiger partial charge in [0.05, 0.1) is 17.6 Å². The molecule has 0 unspecified atom stereocenters. The highest BCUT2D eigenvalue weighted by Crippen LogP contribution is 2.23. The summed E-state index contributed by atoms with van der Waals surface area (Å²) in [6.45, 7) is 7.24. The highest BCUT2D eigenvalue weighted by molar-refractivity contribution is 7.89. The molecule has 1 heterocycles. The normalized spacial score (nSPS) is 15.2. The third-order valence-electron chi connectivity index (χ3n) is 4.79. The fraction of sp³-hybridized carbons (Fsp3) is 0.526. The predicted molar refractivity (Wildman–Crippen MR) is 99.2 cm³/mol. The minimum atomic E-state index is -3.49. The van der Waals surface area contributed by atoms with Crippen LogP contribution in [0.1, 0.15) is 50.4 Å². The van der Waals surface area contributed by atoms with E-state index < -0.39 is 10.0 Å². The van der Waals surface area contributed by atoms with Crippen molar-refractivity contribution in [2.24, 2.45) is 0 Å². The fourth-order valence-corrected chi connectivity index (χ4v) is 4.27. The Bertz CT molecular complexity index is 831. The molecule has 5 nitrogen and oxygen atoms in total. The highest BCUT2D eigenvalue weighted by atomic mass is 32.2. The first-order valence-corrected chi connectivity index (χ1v) is 10.4. The molecule has 0 saturated heterocycles. The van der Waals surface area contributed by atoms with E-state index >= 15 is 0 Å². The second-order valence-corrected chi connectivity index (χ2v) is 9.49. The predicted octanol–water partition coefficient (Wildman–Crippen LogP) is 3.04. The molecule has 6 heteroatoms. The van der Waals surface area contributed by atoms with Crippen LogP contribution in [0, 0.1) is 0 Å². The van der Waals surface area contributed by atoms with Gasteiger partial charge in [0.2, 0.25) is 10.0 Å². The first-order chi connectivity index (χ1) is 11.8. The summed E-state index contributed by atoms with van der Waals surface area (Å²) >= 11 is 0. The molecule has 1 aromatic carbocycles. The number of rotatable bonds is 5. The molecule has 0 fully saturated rings. The monoisotopic (exact) mass is 361 g/mol. The Morgan fingerprint density at radius 2 is 1.80 bits per heavy atom. The lowest BCUT2D eigenvalue weighted by molar-refractivity contribution is 0.538. The maximum atomic E-state index is 12.5. The molecule has 0 radical (unpaired) electrons. The Kier molecular flexibility index (Phi) is 5.02. The zero-order valence-corrected chi connectivity index (χ0v) is 16.1. The van der Waals surface area contributed by atoms with Crippen LogP contribution in [0.3, 0.4) is 0 Å². The van der Waals surface area contributed by atoms with E-state index in [4.69, 9.17) is 0 Å². The summed E-state index contributed by atoms with van der Waals surface area (Å²) in [7, 11) is -3.49. The van der Waals surface area contributed by atoms with Crippen molar-refractivity contribution in [1.29, 1.82) is 0 Å². The highest BCUT2D eigenvalue weighted by Gasteiger charge is 2.18. The second kappa shape index (κ2) is 6.92. The number of sulfonamides is 1. The maximum absolute atomic E-state index is 12.5. The first kappa shape index (κ1) is 18.1. The van der Waals surface area contributed by atoms with Crippen molar-refractivity contribution in [3.8, 4) is 0 Å². The van der Waals surface area contributed by atoms with E-state index in [9.17, 15) is 8.42 Å². The Morgan fingerprint density at radius 1 is 1.12 bits per heavy atom. The van der Waals surface area contributed by atoms with E-state index in [2.05, 4.69) is 30.6 Å². The van der Waals surface area contributed by atoms with Gasteiger partial charge >= 0.3 is 0 Å². The minimum absolute atomic E-state index is 0.00883. The van der Waals surface area contributed by atoms with Crippen molar-refractivity contribution >= 4 is 10.0 Å². The van der Waals surface area contributed by atoms with Crippen LogP contribution in [0.5, 0.6) is 0 Å². The fourth-order valence-electron chi connectivity index (χ4n) is 3.25. The van der Waals surface area contributed by atoms with Gasteiger partial charge in [0.1, 0.15) is 0 Å². The number of aromatic nitrogens is 2. The van der Waals surface area contributed by atoms with Crippen LogP contribution in [0.2, 0.25) is 0 Å². The van der Waals surface area contributed by atoms with E-state index in [-0.39, 0.29) is 5.41 Å². The lowest BCUT2D eigenvalue weighted by Gasteiger charge is -2.19. The molecule has 136 valence electrons. The lowest BCUT2D eigenvalue weighted by atomic mass is 9.87. The summed E-state index contributed by atoms with van der Waals surface area (Å²) in [6, 6.07) is 7.13. The van der Waals surface area contributed by atoms with Gasteiger partial charge in [-0.2, -0.15) is 5.10 Å². The molecule has 1 N–H and O–H groups in total. The Hall–Kier alpha value is -1.66. The van der Waals surface area contributed by atoms with Crippen LogP contribution in [-0.4, -0.2) is 24.7 Å². The van der Waals surface area contributed by atoms with Crippen LogP contribution in [0.15, 0.2) is 35.4 Å². The van der Waals surface area contributed by atoms with Gasteiger partial charge in [0, 0.05) is 12.2 Å². The Labute approximate surface area is 150 Å². The van der Waals surface area contributed by atoms with Crippen LogP contribution in [0.4, 0.5) is 0 Å². The Balaban J connectivity index is 1.63. The van der Waals surface area contributed by atoms with Crippen LogP contribution < -0.4 is 4.72 Å². The van der Waals surface area contributed by atoms with Crippen LogP contribution in [0.25, 0.3) is 0 Å². The zero-order chi connectivity index (χ0) is 18.1. The van der Waals surface area contributed by atoms with Crippen molar-refractivity contribution in [3.05, 3.63) is 47.3 Å². The molecular formula is C19H27N3O2S. The van der Waals surface area contributed by atoms with Crippen molar-refractivity contribution in [2.45, 2.75) is 63.3 Å². The van der Waals surface area contributed by atoms with Gasteiger partial charge in [-0.25, -0.2) is 13.1 Å². The molecule has 0 amide bonds. The summed E-state index contributed by atoms with van der Waals surface area (Å²) in [4.78, 5) is 0.308. The van der Waals surface area contributed by atoms with Crippen molar-refractivity contribution in [1.82, 2.24) is 14.5 Å². The largest absolute Gasteiger partial charge is 0.268 e. The van der Waals surface area contributed by atoms with Crippen molar-refractivity contribution in [2.75, 3.05) is 6.54 Å². The van der Waals surface area contributed by atoms with Gasteiger partial charge in [-0.15, -0.1) is 0 Å². The molecule has 1 aromatic heterocycles. The van der Waals surface area contributed by atoms with Gasteiger partial charge < -0.3 is 0 Å². The molecule has 3 rings (SSSR count). The summed E-state index contributed by atoms with van der Waals surface area (Å²) in [5.74, 6) is 0. The average molecular weight is 362 g/mol. The van der Waals surface area contributed by atoms with Crippen molar-refractivity contribution < 1.29 is 8.42 Å². The summed E-state index contributed by atoms with van der Waals surface area (Å²) in [5.41, 5.74) is 3.70. The van der Waals surface area contributed by atoms with E-state index in [1.54, 1.807) is 12.1 Å². The molecule has 0 spiro atoms. The van der Waals surface area contributed by atoms with E-state index in [0.29, 0.717) is 18.0 Å². The molecule has 2 aromatic rings. The van der Waals surface area contributed by atoms with Gasteiger partial charge in [0.15, 0.2) is 0 Å². The molecule has 1 aliphatic carbocycles. The standard InChI is InChI=1S/C19H27N3O2S/c1-19(2,3)16-8-10-17(11-9-16)25(23,24)21-12-13-22-18-7-5-4-6-15(18)14-20-22/h8-11,14,21H,4-7,12-13H2,1-3H3. The topological polar surface area (TPSA) is 64.0 Å². The van der Waals surface area contributed by atoms with E-state index in [1.807, 2.05) is 23.0 Å². The molecular weight excluding hydrogens is 334 g/mol. The second-order valence-electron chi connectivity index (χ2n) is 7.72. The summed E-state index contributed by atoms with van der Waals surface area (Å²) < 4.78 is 29.6. The third-order valence-corrected chi connectivity index (χ3v) is 6.27.